The molecule has 27 heavy (non-hydrogen) atoms. The molecule has 3 rings (SSSR count). The van der Waals surface area contributed by atoms with Crippen LogP contribution in [0.1, 0.15) is 36.8 Å². The second-order valence-electron chi connectivity index (χ2n) is 8.75. The highest BCUT2D eigenvalue weighted by Gasteiger charge is 2.40. The fourth-order valence-corrected chi connectivity index (χ4v) is 4.46. The lowest BCUT2D eigenvalue weighted by molar-refractivity contribution is -0.139. The number of rotatable bonds is 7. The van der Waals surface area contributed by atoms with Gasteiger partial charge in [0.25, 0.3) is 0 Å². The van der Waals surface area contributed by atoms with E-state index in [1.165, 1.54) is 24.0 Å². The first kappa shape index (κ1) is 20.3. The van der Waals surface area contributed by atoms with E-state index < -0.39 is 0 Å². The van der Waals surface area contributed by atoms with Gasteiger partial charge in [-0.3, -0.25) is 9.69 Å². The van der Waals surface area contributed by atoms with Crippen LogP contribution < -0.4 is 5.73 Å². The predicted molar refractivity (Wildman–Crippen MR) is 111 cm³/mol. The first-order valence-corrected chi connectivity index (χ1v) is 10.4. The molecule has 1 aromatic carbocycles. The Balaban J connectivity index is 1.50. The molecule has 2 aliphatic heterocycles. The minimum absolute atomic E-state index is 0.349. The molecule has 0 saturated carbocycles. The molecule has 150 valence electrons. The highest BCUT2D eigenvalue weighted by atomic mass is 16.2. The summed E-state index contributed by atoms with van der Waals surface area (Å²) in [4.78, 5) is 19.2. The number of likely N-dealkylation sites (tertiary alicyclic amines) is 2. The molecule has 2 aliphatic rings. The zero-order chi connectivity index (χ0) is 19.3. The number of piperidine rings is 2. The van der Waals surface area contributed by atoms with Crippen molar-refractivity contribution in [2.24, 2.45) is 11.1 Å². The number of amides is 1. The van der Waals surface area contributed by atoms with Crippen LogP contribution in [-0.2, 0) is 17.8 Å². The summed E-state index contributed by atoms with van der Waals surface area (Å²) >= 11 is 0. The standard InChI is InChI=1S/C22H36N4O/c1-24(2)15-16-26-18-22(9-7-21(26)27)10-13-25(14-11-22)17-20-5-3-19(4-6-20)8-12-23/h3-6H,7-18,23H2,1-2H3. The highest BCUT2D eigenvalue weighted by molar-refractivity contribution is 5.77. The minimum atomic E-state index is 0.349. The molecule has 2 N–H and O–H groups in total. The van der Waals surface area contributed by atoms with Crippen molar-refractivity contribution >= 4 is 5.91 Å². The van der Waals surface area contributed by atoms with Crippen LogP contribution >= 0.6 is 0 Å². The Morgan fingerprint density at radius 3 is 2.37 bits per heavy atom. The molecular weight excluding hydrogens is 336 g/mol. The third-order valence-corrected chi connectivity index (χ3v) is 6.34. The van der Waals surface area contributed by atoms with Gasteiger partial charge in [0.15, 0.2) is 0 Å². The van der Waals surface area contributed by atoms with Gasteiger partial charge in [0.05, 0.1) is 0 Å². The Hall–Kier alpha value is -1.43. The van der Waals surface area contributed by atoms with E-state index in [0.29, 0.717) is 17.9 Å². The van der Waals surface area contributed by atoms with Crippen LogP contribution in [0.15, 0.2) is 24.3 Å². The van der Waals surface area contributed by atoms with Crippen LogP contribution in [0.5, 0.6) is 0 Å². The highest BCUT2D eigenvalue weighted by Crippen LogP contribution is 2.40. The first-order chi connectivity index (χ1) is 13.0. The lowest BCUT2D eigenvalue weighted by Crippen LogP contribution is -2.52. The van der Waals surface area contributed by atoms with E-state index in [-0.39, 0.29) is 0 Å². The van der Waals surface area contributed by atoms with Gasteiger partial charge in [-0.15, -0.1) is 0 Å². The molecule has 2 fully saturated rings. The van der Waals surface area contributed by atoms with E-state index in [1.807, 2.05) is 0 Å². The van der Waals surface area contributed by atoms with Crippen molar-refractivity contribution in [1.29, 1.82) is 0 Å². The van der Waals surface area contributed by atoms with E-state index in [9.17, 15) is 4.79 Å². The van der Waals surface area contributed by atoms with Crippen LogP contribution in [0.3, 0.4) is 0 Å². The smallest absolute Gasteiger partial charge is 0.222 e. The maximum Gasteiger partial charge on any atom is 0.222 e. The van der Waals surface area contributed by atoms with Gasteiger partial charge < -0.3 is 15.5 Å². The summed E-state index contributed by atoms with van der Waals surface area (Å²) in [7, 11) is 4.15. The second kappa shape index (κ2) is 9.18. The molecule has 5 nitrogen and oxygen atoms in total. The maximum absolute atomic E-state index is 12.3. The van der Waals surface area contributed by atoms with E-state index in [2.05, 4.69) is 53.1 Å². The number of hydrogen-bond acceptors (Lipinski definition) is 4. The zero-order valence-corrected chi connectivity index (χ0v) is 17.1. The quantitative estimate of drug-likeness (QED) is 0.795. The van der Waals surface area contributed by atoms with Gasteiger partial charge in [0.1, 0.15) is 0 Å². The van der Waals surface area contributed by atoms with Crippen molar-refractivity contribution in [2.45, 2.75) is 38.6 Å². The van der Waals surface area contributed by atoms with E-state index in [4.69, 9.17) is 5.73 Å². The predicted octanol–water partition coefficient (Wildman–Crippen LogP) is 1.95. The van der Waals surface area contributed by atoms with E-state index in [0.717, 1.165) is 58.5 Å². The van der Waals surface area contributed by atoms with Crippen molar-refractivity contribution in [3.63, 3.8) is 0 Å². The molecule has 1 spiro atoms. The second-order valence-corrected chi connectivity index (χ2v) is 8.75. The minimum Gasteiger partial charge on any atom is -0.341 e. The van der Waals surface area contributed by atoms with Gasteiger partial charge in [-0.2, -0.15) is 0 Å². The summed E-state index contributed by atoms with van der Waals surface area (Å²) < 4.78 is 0. The number of hydrogen-bond donors (Lipinski definition) is 1. The van der Waals surface area contributed by atoms with Crippen LogP contribution in [0, 0.1) is 5.41 Å². The molecule has 2 saturated heterocycles. The molecule has 0 atom stereocenters. The molecule has 0 aromatic heterocycles. The topological polar surface area (TPSA) is 52.8 Å². The third kappa shape index (κ3) is 5.53. The van der Waals surface area contributed by atoms with Gasteiger partial charge >= 0.3 is 0 Å². The molecular formula is C22H36N4O. The van der Waals surface area contributed by atoms with Gasteiger partial charge in [0, 0.05) is 32.6 Å². The largest absolute Gasteiger partial charge is 0.341 e. The number of nitrogens with zero attached hydrogens (tertiary/aromatic N) is 3. The molecule has 1 amide bonds. The summed E-state index contributed by atoms with van der Waals surface area (Å²) in [5.74, 6) is 0.350. The summed E-state index contributed by atoms with van der Waals surface area (Å²) in [5, 5.41) is 0. The van der Waals surface area contributed by atoms with Crippen molar-refractivity contribution in [3.05, 3.63) is 35.4 Å². The normalized spacial score (nSPS) is 20.6. The molecule has 1 aromatic rings. The number of benzene rings is 1. The van der Waals surface area contributed by atoms with Crippen molar-refractivity contribution in [1.82, 2.24) is 14.7 Å². The monoisotopic (exact) mass is 372 g/mol. The van der Waals surface area contributed by atoms with Crippen LogP contribution in [-0.4, -0.2) is 74.0 Å². The van der Waals surface area contributed by atoms with E-state index >= 15 is 0 Å². The number of carbonyl (C=O) groups excluding carboxylic acids is 1. The molecule has 0 radical (unpaired) electrons. The Morgan fingerprint density at radius 2 is 1.74 bits per heavy atom. The van der Waals surface area contributed by atoms with Crippen molar-refractivity contribution in [2.75, 3.05) is 53.4 Å². The maximum atomic E-state index is 12.3. The lowest BCUT2D eigenvalue weighted by Gasteiger charge is -2.47. The lowest BCUT2D eigenvalue weighted by atomic mass is 9.72. The number of nitrogens with two attached hydrogens (primary N) is 1. The molecule has 0 bridgehead atoms. The Bertz CT molecular complexity index is 605. The fraction of sp³-hybridized carbons (Fsp3) is 0.682. The molecule has 0 unspecified atom stereocenters. The van der Waals surface area contributed by atoms with Crippen molar-refractivity contribution < 1.29 is 4.79 Å². The average molecular weight is 373 g/mol. The van der Waals surface area contributed by atoms with Crippen LogP contribution in [0.2, 0.25) is 0 Å². The van der Waals surface area contributed by atoms with Gasteiger partial charge in [-0.1, -0.05) is 24.3 Å². The first-order valence-electron chi connectivity index (χ1n) is 10.4. The van der Waals surface area contributed by atoms with Gasteiger partial charge in [-0.05, 0) is 76.0 Å². The summed E-state index contributed by atoms with van der Waals surface area (Å²) in [5.41, 5.74) is 8.69. The average Bonchev–Trinajstić information content (AvgIpc) is 2.66. The summed E-state index contributed by atoms with van der Waals surface area (Å²) in [6, 6.07) is 8.92. The van der Waals surface area contributed by atoms with Gasteiger partial charge in [0.2, 0.25) is 5.91 Å². The SMILES string of the molecule is CN(C)CCN1CC2(CCC1=O)CCN(Cc1ccc(CCN)cc1)CC2. The zero-order valence-electron chi connectivity index (χ0n) is 17.1. The Kier molecular flexibility index (Phi) is 6.90. The third-order valence-electron chi connectivity index (χ3n) is 6.34. The molecule has 5 heteroatoms. The molecule has 0 aliphatic carbocycles. The summed E-state index contributed by atoms with van der Waals surface area (Å²) in [6.45, 7) is 6.80. The van der Waals surface area contributed by atoms with Gasteiger partial charge in [-0.25, -0.2) is 0 Å². The van der Waals surface area contributed by atoms with Crippen LogP contribution in [0.4, 0.5) is 0 Å². The van der Waals surface area contributed by atoms with Crippen molar-refractivity contribution in [3.8, 4) is 0 Å². The molecule has 2 heterocycles. The number of carbonyl (C=O) groups is 1. The Labute approximate surface area is 164 Å². The van der Waals surface area contributed by atoms with Crippen LogP contribution in [0.25, 0.3) is 0 Å². The fourth-order valence-electron chi connectivity index (χ4n) is 4.46. The van der Waals surface area contributed by atoms with E-state index in [1.54, 1.807) is 0 Å². The number of likely N-dealkylation sites (N-methyl/N-ethyl adjacent to an activating group) is 1. The summed E-state index contributed by atoms with van der Waals surface area (Å²) in [6.07, 6.45) is 5.19. The Morgan fingerprint density at radius 1 is 1.07 bits per heavy atom.